The fourth-order valence-electron chi connectivity index (χ4n) is 3.89. The highest BCUT2D eigenvalue weighted by molar-refractivity contribution is 7.92. The van der Waals surface area contributed by atoms with Gasteiger partial charge < -0.3 is 10.2 Å². The van der Waals surface area contributed by atoms with Crippen LogP contribution in [0.4, 0.5) is 5.69 Å². The second-order valence-electron chi connectivity index (χ2n) is 9.92. The van der Waals surface area contributed by atoms with Crippen molar-refractivity contribution in [2.45, 2.75) is 65.1 Å². The fraction of sp³-hybridized carbons (Fsp3) is 0.462. The Bertz CT molecular complexity index is 1250. The summed E-state index contributed by atoms with van der Waals surface area (Å²) < 4.78 is 26.2. The van der Waals surface area contributed by atoms with Gasteiger partial charge in [-0.15, -0.1) is 0 Å². The fourth-order valence-corrected chi connectivity index (χ4v) is 5.81. The monoisotopic (exact) mass is 623 g/mol. The van der Waals surface area contributed by atoms with Gasteiger partial charge in [0.2, 0.25) is 21.8 Å². The Labute approximate surface area is 245 Å². The summed E-state index contributed by atoms with van der Waals surface area (Å²) in [7, 11) is -3.72. The predicted molar refractivity (Wildman–Crippen MR) is 157 cm³/mol. The summed E-state index contributed by atoms with van der Waals surface area (Å²) in [5, 5.41) is 4.23. The molecule has 12 heteroatoms. The number of nitrogens with one attached hydrogen (secondary N) is 1. The Balaban J connectivity index is 2.33. The van der Waals surface area contributed by atoms with Crippen LogP contribution in [0.15, 0.2) is 36.4 Å². The molecule has 210 valence electrons. The van der Waals surface area contributed by atoms with E-state index in [1.807, 2.05) is 27.7 Å². The van der Waals surface area contributed by atoms with Crippen molar-refractivity contribution in [2.75, 3.05) is 17.1 Å². The van der Waals surface area contributed by atoms with Gasteiger partial charge in [0.25, 0.3) is 0 Å². The summed E-state index contributed by atoms with van der Waals surface area (Å²) in [6.45, 7) is 7.38. The molecule has 0 aliphatic rings. The molecule has 0 heterocycles. The number of halogens is 4. The van der Waals surface area contributed by atoms with E-state index in [1.165, 1.54) is 17.0 Å². The van der Waals surface area contributed by atoms with Crippen molar-refractivity contribution < 1.29 is 18.0 Å². The zero-order valence-electron chi connectivity index (χ0n) is 22.0. The lowest BCUT2D eigenvalue weighted by atomic mass is 10.0. The van der Waals surface area contributed by atoms with Crippen LogP contribution in [-0.2, 0) is 26.2 Å². The molecule has 2 aromatic carbocycles. The highest BCUT2D eigenvalue weighted by Gasteiger charge is 2.31. The zero-order chi connectivity index (χ0) is 28.8. The Kier molecular flexibility index (Phi) is 11.6. The Morgan fingerprint density at radius 1 is 1.00 bits per heavy atom. The summed E-state index contributed by atoms with van der Waals surface area (Å²) in [6.07, 6.45) is 1.54. The molecule has 0 aliphatic heterocycles. The van der Waals surface area contributed by atoms with Crippen LogP contribution in [0.5, 0.6) is 0 Å². The third kappa shape index (κ3) is 9.19. The van der Waals surface area contributed by atoms with Gasteiger partial charge >= 0.3 is 0 Å². The average Bonchev–Trinajstić information content (AvgIpc) is 2.78. The second-order valence-corrected chi connectivity index (χ2v) is 13.5. The SMILES string of the molecule is CC[C@H](C(=O)NC(C)(C)C)N(Cc1c(Cl)cccc1Cl)C(=O)CCCN(c1cc(Cl)ccc1Cl)S(C)(=O)=O. The van der Waals surface area contributed by atoms with Gasteiger partial charge in [-0.05, 0) is 63.9 Å². The van der Waals surface area contributed by atoms with Crippen molar-refractivity contribution in [2.24, 2.45) is 0 Å². The molecule has 2 rings (SSSR count). The maximum Gasteiger partial charge on any atom is 0.243 e. The predicted octanol–water partition coefficient (Wildman–Crippen LogP) is 6.57. The van der Waals surface area contributed by atoms with Crippen molar-refractivity contribution in [3.8, 4) is 0 Å². The normalized spacial score (nSPS) is 12.7. The lowest BCUT2D eigenvalue weighted by molar-refractivity contribution is -0.142. The first-order chi connectivity index (χ1) is 17.5. The molecule has 0 spiro atoms. The molecule has 0 bridgehead atoms. The molecule has 0 unspecified atom stereocenters. The van der Waals surface area contributed by atoms with Crippen LogP contribution >= 0.6 is 46.4 Å². The van der Waals surface area contributed by atoms with Gasteiger partial charge in [0.15, 0.2) is 0 Å². The molecule has 0 saturated carbocycles. The number of nitrogens with zero attached hydrogens (tertiary/aromatic N) is 2. The molecule has 2 aromatic rings. The number of anilines is 1. The number of sulfonamides is 1. The number of carbonyl (C=O) groups is 2. The number of benzene rings is 2. The van der Waals surface area contributed by atoms with Crippen LogP contribution < -0.4 is 9.62 Å². The minimum Gasteiger partial charge on any atom is -0.350 e. The molecule has 0 aromatic heterocycles. The van der Waals surface area contributed by atoms with Gasteiger partial charge in [-0.3, -0.25) is 13.9 Å². The molecule has 1 atom stereocenters. The number of carbonyl (C=O) groups excluding carboxylic acids is 2. The van der Waals surface area contributed by atoms with Crippen LogP contribution in [0.1, 0.15) is 52.5 Å². The largest absolute Gasteiger partial charge is 0.350 e. The third-order valence-electron chi connectivity index (χ3n) is 5.60. The average molecular weight is 625 g/mol. The van der Waals surface area contributed by atoms with E-state index in [4.69, 9.17) is 46.4 Å². The van der Waals surface area contributed by atoms with E-state index in [0.29, 0.717) is 27.1 Å². The maximum atomic E-state index is 13.6. The first-order valence-corrected chi connectivity index (χ1v) is 15.4. The van der Waals surface area contributed by atoms with Crippen molar-refractivity contribution >= 4 is 73.9 Å². The standard InChI is InChI=1S/C26H33Cl4N3O4S/c1-6-22(25(35)31-26(2,3)4)32(16-18-19(28)9-7-10-20(18)29)24(34)11-8-14-33(38(5,36)37)23-15-17(27)12-13-21(23)30/h7,9-10,12-13,15,22H,6,8,11,14,16H2,1-5H3,(H,31,35)/t22-/m1/s1. The maximum absolute atomic E-state index is 13.6. The van der Waals surface area contributed by atoms with Gasteiger partial charge in [-0.2, -0.15) is 0 Å². The summed E-state index contributed by atoms with van der Waals surface area (Å²) >= 11 is 25.1. The van der Waals surface area contributed by atoms with Gasteiger partial charge in [-0.25, -0.2) is 8.42 Å². The minimum atomic E-state index is -3.72. The molecule has 2 amide bonds. The molecule has 0 aliphatic carbocycles. The van der Waals surface area contributed by atoms with E-state index in [-0.39, 0.29) is 48.5 Å². The van der Waals surface area contributed by atoms with E-state index < -0.39 is 21.6 Å². The first kappa shape index (κ1) is 32.5. The highest BCUT2D eigenvalue weighted by atomic mass is 35.5. The van der Waals surface area contributed by atoms with Gasteiger partial charge in [0.1, 0.15) is 6.04 Å². The quantitative estimate of drug-likeness (QED) is 0.306. The van der Waals surface area contributed by atoms with Crippen molar-refractivity contribution in [3.05, 3.63) is 62.1 Å². The lowest BCUT2D eigenvalue weighted by Crippen LogP contribution is -2.53. The molecule has 0 radical (unpaired) electrons. The van der Waals surface area contributed by atoms with Gasteiger partial charge in [0.05, 0.1) is 17.0 Å². The van der Waals surface area contributed by atoms with Crippen molar-refractivity contribution in [1.82, 2.24) is 10.2 Å². The molecule has 7 nitrogen and oxygen atoms in total. The second kappa shape index (κ2) is 13.6. The molecular formula is C26H33Cl4N3O4S. The van der Waals surface area contributed by atoms with Crippen molar-refractivity contribution in [1.29, 1.82) is 0 Å². The highest BCUT2D eigenvalue weighted by Crippen LogP contribution is 2.31. The number of hydrogen-bond acceptors (Lipinski definition) is 4. The summed E-state index contributed by atoms with van der Waals surface area (Å²) in [5.41, 5.74) is 0.243. The van der Waals surface area contributed by atoms with Crippen LogP contribution in [-0.4, -0.2) is 49.5 Å². The minimum absolute atomic E-state index is 0.0172. The van der Waals surface area contributed by atoms with E-state index >= 15 is 0 Å². The van der Waals surface area contributed by atoms with E-state index in [9.17, 15) is 18.0 Å². The molecular weight excluding hydrogens is 592 g/mol. The van der Waals surface area contributed by atoms with Crippen LogP contribution in [0.25, 0.3) is 0 Å². The topological polar surface area (TPSA) is 86.8 Å². The third-order valence-corrected chi connectivity index (χ3v) is 8.05. The lowest BCUT2D eigenvalue weighted by Gasteiger charge is -2.33. The van der Waals surface area contributed by atoms with Crippen LogP contribution in [0, 0.1) is 0 Å². The first-order valence-electron chi connectivity index (χ1n) is 12.0. The van der Waals surface area contributed by atoms with Gasteiger partial charge in [-0.1, -0.05) is 59.4 Å². The molecule has 0 saturated heterocycles. The van der Waals surface area contributed by atoms with Crippen LogP contribution in [0.3, 0.4) is 0 Å². The summed E-state index contributed by atoms with van der Waals surface area (Å²) in [4.78, 5) is 28.2. The van der Waals surface area contributed by atoms with Crippen LogP contribution in [0.2, 0.25) is 20.1 Å². The van der Waals surface area contributed by atoms with Crippen molar-refractivity contribution in [3.63, 3.8) is 0 Å². The number of rotatable bonds is 11. The molecule has 1 N–H and O–H groups in total. The Morgan fingerprint density at radius 3 is 2.13 bits per heavy atom. The zero-order valence-corrected chi connectivity index (χ0v) is 25.9. The van der Waals surface area contributed by atoms with E-state index in [2.05, 4.69) is 5.32 Å². The van der Waals surface area contributed by atoms with E-state index in [1.54, 1.807) is 24.3 Å². The van der Waals surface area contributed by atoms with E-state index in [0.717, 1.165) is 10.6 Å². The number of hydrogen-bond donors (Lipinski definition) is 1. The molecule has 0 fully saturated rings. The Hall–Kier alpha value is -1.71. The number of amides is 2. The summed E-state index contributed by atoms with van der Waals surface area (Å²) in [6, 6.07) is 8.77. The molecule has 38 heavy (non-hydrogen) atoms. The smallest absolute Gasteiger partial charge is 0.243 e. The summed E-state index contributed by atoms with van der Waals surface area (Å²) in [5.74, 6) is -0.650. The van der Waals surface area contributed by atoms with Gasteiger partial charge in [0, 0.05) is 45.7 Å². The Morgan fingerprint density at radius 2 is 1.61 bits per heavy atom.